The molecule has 0 aromatic carbocycles. The van der Waals surface area contributed by atoms with Crippen molar-refractivity contribution < 1.29 is 5.11 Å². The van der Waals surface area contributed by atoms with E-state index in [-0.39, 0.29) is 18.5 Å². The summed E-state index contributed by atoms with van der Waals surface area (Å²) in [6, 6.07) is 0.769. The number of nitrogens with zero attached hydrogens (tertiary/aromatic N) is 1. The second kappa shape index (κ2) is 8.53. The minimum atomic E-state index is 0.172. The zero-order valence-electron chi connectivity index (χ0n) is 10.9. The average Bonchev–Trinajstić information content (AvgIpc) is 2.26. The molecule has 96 valence electrons. The molecular formula is C12H27N3O. The Morgan fingerprint density at radius 2 is 1.69 bits per heavy atom. The molecule has 0 spiro atoms. The van der Waals surface area contributed by atoms with E-state index in [0.717, 1.165) is 19.3 Å². The molecule has 4 heteroatoms. The van der Waals surface area contributed by atoms with Gasteiger partial charge in [0.05, 0.1) is 12.4 Å². The van der Waals surface area contributed by atoms with Gasteiger partial charge in [-0.05, 0) is 19.3 Å². The highest BCUT2D eigenvalue weighted by Gasteiger charge is 2.23. The third-order valence-corrected chi connectivity index (χ3v) is 3.17. The van der Waals surface area contributed by atoms with Crippen molar-refractivity contribution in [2.45, 2.75) is 58.5 Å². The summed E-state index contributed by atoms with van der Waals surface area (Å²) < 4.78 is 0. The Balaban J connectivity index is 4.61. The molecular weight excluding hydrogens is 202 g/mol. The molecule has 1 unspecified atom stereocenters. The number of aliphatic hydroxyl groups excluding tert-OH is 1. The predicted molar refractivity (Wildman–Crippen MR) is 68.8 cm³/mol. The van der Waals surface area contributed by atoms with Gasteiger partial charge in [0, 0.05) is 25.0 Å². The summed E-state index contributed by atoms with van der Waals surface area (Å²) in [4.78, 5) is 2.31. The Kier molecular flexibility index (Phi) is 8.21. The third kappa shape index (κ3) is 4.94. The van der Waals surface area contributed by atoms with Crippen molar-refractivity contribution in [2.24, 2.45) is 5.73 Å². The Morgan fingerprint density at radius 1 is 1.19 bits per heavy atom. The van der Waals surface area contributed by atoms with Crippen molar-refractivity contribution in [2.75, 3.05) is 13.2 Å². The van der Waals surface area contributed by atoms with Gasteiger partial charge in [0.25, 0.3) is 0 Å². The molecule has 1 atom stereocenters. The molecule has 0 aliphatic rings. The van der Waals surface area contributed by atoms with Crippen LogP contribution in [0.3, 0.4) is 0 Å². The van der Waals surface area contributed by atoms with E-state index < -0.39 is 0 Å². The molecule has 0 bridgehead atoms. The van der Waals surface area contributed by atoms with Crippen LogP contribution >= 0.6 is 0 Å². The van der Waals surface area contributed by atoms with E-state index in [1.54, 1.807) is 0 Å². The number of hydrogen-bond donors (Lipinski definition) is 3. The van der Waals surface area contributed by atoms with Crippen LogP contribution in [0.2, 0.25) is 0 Å². The van der Waals surface area contributed by atoms with Crippen LogP contribution in [0.15, 0.2) is 0 Å². The topological polar surface area (TPSA) is 73.3 Å². The van der Waals surface area contributed by atoms with Crippen LogP contribution < -0.4 is 5.73 Å². The fourth-order valence-electron chi connectivity index (χ4n) is 2.29. The lowest BCUT2D eigenvalue weighted by molar-refractivity contribution is 0.0967. The first-order valence-corrected chi connectivity index (χ1v) is 6.30. The van der Waals surface area contributed by atoms with Gasteiger partial charge >= 0.3 is 0 Å². The second-order valence-electron chi connectivity index (χ2n) is 4.22. The monoisotopic (exact) mass is 229 g/mol. The molecule has 0 radical (unpaired) electrons. The van der Waals surface area contributed by atoms with Crippen LogP contribution in [0, 0.1) is 5.41 Å². The lowest BCUT2D eigenvalue weighted by atomic mass is 10.0. The summed E-state index contributed by atoms with van der Waals surface area (Å²) in [5.41, 5.74) is 5.48. The summed E-state index contributed by atoms with van der Waals surface area (Å²) in [5, 5.41) is 16.5. The molecule has 0 aromatic rings. The minimum Gasteiger partial charge on any atom is -0.395 e. The first kappa shape index (κ1) is 15.4. The van der Waals surface area contributed by atoms with Crippen LogP contribution in [-0.4, -0.2) is 41.1 Å². The zero-order valence-corrected chi connectivity index (χ0v) is 10.9. The minimum absolute atomic E-state index is 0.172. The maximum Gasteiger partial charge on any atom is 0.0921 e. The van der Waals surface area contributed by atoms with E-state index in [4.69, 9.17) is 16.2 Å². The summed E-state index contributed by atoms with van der Waals surface area (Å²) in [5.74, 6) is 0.237. The van der Waals surface area contributed by atoms with E-state index >= 15 is 0 Å². The van der Waals surface area contributed by atoms with Gasteiger partial charge in [0.2, 0.25) is 0 Å². The Morgan fingerprint density at radius 3 is 2.00 bits per heavy atom. The van der Waals surface area contributed by atoms with Gasteiger partial charge in [-0.3, -0.25) is 10.3 Å². The Bertz CT molecular complexity index is 193. The summed E-state index contributed by atoms with van der Waals surface area (Å²) in [7, 11) is 0. The molecule has 0 heterocycles. The molecule has 16 heavy (non-hydrogen) atoms. The first-order valence-electron chi connectivity index (χ1n) is 6.30. The lowest BCUT2D eigenvalue weighted by Crippen LogP contribution is -2.45. The number of amidine groups is 1. The van der Waals surface area contributed by atoms with E-state index in [2.05, 4.69) is 25.7 Å². The lowest BCUT2D eigenvalue weighted by Gasteiger charge is -2.36. The average molecular weight is 229 g/mol. The van der Waals surface area contributed by atoms with Crippen molar-refractivity contribution in [3.63, 3.8) is 0 Å². The van der Waals surface area contributed by atoms with Crippen LogP contribution in [0.5, 0.6) is 0 Å². The Labute approximate surface area is 99.3 Å². The van der Waals surface area contributed by atoms with Crippen LogP contribution in [-0.2, 0) is 0 Å². The Hall–Kier alpha value is -0.610. The molecule has 4 nitrogen and oxygen atoms in total. The van der Waals surface area contributed by atoms with Gasteiger partial charge in [0.1, 0.15) is 0 Å². The van der Waals surface area contributed by atoms with Crippen LogP contribution in [0.1, 0.15) is 46.5 Å². The van der Waals surface area contributed by atoms with Gasteiger partial charge < -0.3 is 10.8 Å². The quantitative estimate of drug-likeness (QED) is 0.415. The molecule has 0 saturated carbocycles. The number of nitrogens with one attached hydrogen (secondary N) is 1. The highest BCUT2D eigenvalue weighted by Crippen LogP contribution is 2.17. The first-order chi connectivity index (χ1) is 7.60. The highest BCUT2D eigenvalue weighted by atomic mass is 16.3. The molecule has 0 aliphatic heterocycles. The molecule has 0 amide bonds. The van der Waals surface area contributed by atoms with Gasteiger partial charge in [-0.15, -0.1) is 0 Å². The molecule has 0 aromatic heterocycles. The normalized spacial score (nSPS) is 13.4. The van der Waals surface area contributed by atoms with Gasteiger partial charge in [-0.1, -0.05) is 20.8 Å². The zero-order chi connectivity index (χ0) is 12.6. The SMILES string of the molecule is CCC(CC)N(CCO)C(CC)CC(=N)N. The summed E-state index contributed by atoms with van der Waals surface area (Å²) >= 11 is 0. The fraction of sp³-hybridized carbons (Fsp3) is 0.917. The van der Waals surface area contributed by atoms with E-state index in [9.17, 15) is 0 Å². The summed E-state index contributed by atoms with van der Waals surface area (Å²) in [6.45, 7) is 7.29. The molecule has 0 aliphatic carbocycles. The molecule has 0 fully saturated rings. The van der Waals surface area contributed by atoms with Crippen molar-refractivity contribution in [1.29, 1.82) is 5.41 Å². The van der Waals surface area contributed by atoms with Gasteiger partial charge in [-0.25, -0.2) is 0 Å². The van der Waals surface area contributed by atoms with Crippen molar-refractivity contribution >= 4 is 5.84 Å². The smallest absolute Gasteiger partial charge is 0.0921 e. The number of nitrogens with two attached hydrogens (primary N) is 1. The highest BCUT2D eigenvalue weighted by molar-refractivity contribution is 5.77. The number of rotatable bonds is 9. The van der Waals surface area contributed by atoms with E-state index in [0.29, 0.717) is 19.0 Å². The van der Waals surface area contributed by atoms with Gasteiger partial charge in [-0.2, -0.15) is 0 Å². The van der Waals surface area contributed by atoms with Gasteiger partial charge in [0.15, 0.2) is 0 Å². The molecule has 4 N–H and O–H groups in total. The van der Waals surface area contributed by atoms with Crippen molar-refractivity contribution in [1.82, 2.24) is 4.90 Å². The van der Waals surface area contributed by atoms with Crippen LogP contribution in [0.25, 0.3) is 0 Å². The standard InChI is InChI=1S/C12H27N3O/c1-4-10(5-2)15(7-8-16)11(6-3)9-12(13)14/h10-11,16H,4-9H2,1-3H3,(H3,13,14). The van der Waals surface area contributed by atoms with Crippen LogP contribution in [0.4, 0.5) is 0 Å². The third-order valence-electron chi connectivity index (χ3n) is 3.17. The number of aliphatic hydroxyl groups is 1. The molecule has 0 saturated heterocycles. The fourth-order valence-corrected chi connectivity index (χ4v) is 2.29. The maximum atomic E-state index is 9.13. The van der Waals surface area contributed by atoms with E-state index in [1.807, 2.05) is 0 Å². The predicted octanol–water partition coefficient (Wildman–Crippen LogP) is 1.57. The van der Waals surface area contributed by atoms with E-state index in [1.165, 1.54) is 0 Å². The largest absolute Gasteiger partial charge is 0.395 e. The number of hydrogen-bond acceptors (Lipinski definition) is 3. The summed E-state index contributed by atoms with van der Waals surface area (Å²) in [6.07, 6.45) is 3.72. The maximum absolute atomic E-state index is 9.13. The molecule has 0 rings (SSSR count). The van der Waals surface area contributed by atoms with Crippen molar-refractivity contribution in [3.8, 4) is 0 Å². The second-order valence-corrected chi connectivity index (χ2v) is 4.22. The van der Waals surface area contributed by atoms with Crippen molar-refractivity contribution in [3.05, 3.63) is 0 Å².